The molecule has 2 atom stereocenters. The second-order valence-electron chi connectivity index (χ2n) is 6.27. The highest BCUT2D eigenvalue weighted by molar-refractivity contribution is 9.10. The Hall–Kier alpha value is -2.22. The maximum absolute atomic E-state index is 12.3. The van der Waals surface area contributed by atoms with Crippen LogP contribution in [0.5, 0.6) is 0 Å². The first kappa shape index (κ1) is 18.6. The van der Waals surface area contributed by atoms with Crippen LogP contribution in [0.25, 0.3) is 0 Å². The quantitative estimate of drug-likeness (QED) is 0.603. The number of hydrogen-bond acceptors (Lipinski definition) is 4. The summed E-state index contributed by atoms with van der Waals surface area (Å²) < 4.78 is 0.983. The largest absolute Gasteiger partial charge is 0.346 e. The minimum absolute atomic E-state index is 0.0673. The molecule has 0 aromatic heterocycles. The fourth-order valence-electron chi connectivity index (χ4n) is 2.85. The van der Waals surface area contributed by atoms with Crippen LogP contribution in [0.4, 0.5) is 5.69 Å². The predicted octanol–water partition coefficient (Wildman–Crippen LogP) is 2.42. The second kappa shape index (κ2) is 8.44. The number of hydrogen-bond donors (Lipinski definition) is 4. The molecule has 1 saturated heterocycles. The molecule has 0 saturated carbocycles. The molecule has 1 heterocycles. The zero-order chi connectivity index (χ0) is 18.5. The first-order chi connectivity index (χ1) is 12.5. The van der Waals surface area contributed by atoms with Crippen molar-refractivity contribution in [1.29, 1.82) is 0 Å². The third-order valence-corrected chi connectivity index (χ3v) is 5.18. The van der Waals surface area contributed by atoms with Crippen LogP contribution in [-0.2, 0) is 9.59 Å². The zero-order valence-corrected chi connectivity index (χ0v) is 16.0. The van der Waals surface area contributed by atoms with Crippen molar-refractivity contribution in [3.05, 3.63) is 64.1 Å². The van der Waals surface area contributed by atoms with Crippen LogP contribution < -0.4 is 21.5 Å². The summed E-state index contributed by atoms with van der Waals surface area (Å²) in [5, 5.41) is 5.46. The molecule has 2 unspecified atom stereocenters. The molecule has 136 valence electrons. The second-order valence-corrected chi connectivity index (χ2v) is 7.12. The molecule has 1 fully saturated rings. The van der Waals surface area contributed by atoms with E-state index in [1.54, 1.807) is 0 Å². The molecule has 2 amide bonds. The van der Waals surface area contributed by atoms with Crippen molar-refractivity contribution in [3.63, 3.8) is 0 Å². The molecular weight excluding hydrogens is 396 g/mol. The van der Waals surface area contributed by atoms with Gasteiger partial charge in [0.25, 0.3) is 0 Å². The van der Waals surface area contributed by atoms with Gasteiger partial charge in [0.2, 0.25) is 11.8 Å². The maximum atomic E-state index is 12.3. The average molecular weight is 417 g/mol. The molecule has 6 nitrogen and oxygen atoms in total. The molecule has 2 aromatic rings. The van der Waals surface area contributed by atoms with Crippen molar-refractivity contribution in [2.45, 2.75) is 25.4 Å². The minimum Gasteiger partial charge on any atom is -0.346 e. The van der Waals surface area contributed by atoms with Crippen LogP contribution in [-0.4, -0.2) is 24.4 Å². The summed E-state index contributed by atoms with van der Waals surface area (Å²) in [7, 11) is 0. The number of hydrazine groups is 1. The molecule has 3 rings (SSSR count). The van der Waals surface area contributed by atoms with Crippen LogP contribution in [0.3, 0.4) is 0 Å². The Morgan fingerprint density at radius 1 is 1.15 bits per heavy atom. The lowest BCUT2D eigenvalue weighted by Crippen LogP contribution is -2.45. The van der Waals surface area contributed by atoms with Gasteiger partial charge in [-0.2, -0.15) is 0 Å². The summed E-state index contributed by atoms with van der Waals surface area (Å²) >= 11 is 3.42. The van der Waals surface area contributed by atoms with Crippen LogP contribution in [0.1, 0.15) is 23.6 Å². The molecule has 2 aromatic carbocycles. The number of rotatable bonds is 5. The zero-order valence-electron chi connectivity index (χ0n) is 14.4. The van der Waals surface area contributed by atoms with E-state index in [1.807, 2.05) is 55.5 Å². The van der Waals surface area contributed by atoms with Crippen molar-refractivity contribution in [2.24, 2.45) is 0 Å². The first-order valence-corrected chi connectivity index (χ1v) is 9.22. The SMILES string of the molecule is Cc1cc(NC(=O)CNC(=O)C2CC(c3ccccc3)NN2)ccc1Br. The van der Waals surface area contributed by atoms with E-state index in [0.29, 0.717) is 12.1 Å². The number of aryl methyl sites for hydroxylation is 1. The first-order valence-electron chi connectivity index (χ1n) is 8.42. The van der Waals surface area contributed by atoms with Gasteiger partial charge in [-0.25, -0.2) is 10.9 Å². The smallest absolute Gasteiger partial charge is 0.243 e. The van der Waals surface area contributed by atoms with E-state index in [2.05, 4.69) is 37.4 Å². The van der Waals surface area contributed by atoms with Gasteiger partial charge in [-0.15, -0.1) is 0 Å². The van der Waals surface area contributed by atoms with Crippen molar-refractivity contribution < 1.29 is 9.59 Å². The minimum atomic E-state index is -0.372. The van der Waals surface area contributed by atoms with E-state index >= 15 is 0 Å². The Bertz CT molecular complexity index is 797. The summed E-state index contributed by atoms with van der Waals surface area (Å²) in [5.41, 5.74) is 8.98. The third kappa shape index (κ3) is 4.69. The number of nitrogens with one attached hydrogen (secondary N) is 4. The van der Waals surface area contributed by atoms with E-state index in [0.717, 1.165) is 15.6 Å². The highest BCUT2D eigenvalue weighted by atomic mass is 79.9. The summed E-state index contributed by atoms with van der Waals surface area (Å²) in [4.78, 5) is 24.3. The van der Waals surface area contributed by atoms with Crippen LogP contribution in [0.2, 0.25) is 0 Å². The number of carbonyl (C=O) groups excluding carboxylic acids is 2. The van der Waals surface area contributed by atoms with Crippen LogP contribution in [0.15, 0.2) is 53.0 Å². The summed E-state index contributed by atoms with van der Waals surface area (Å²) in [5.74, 6) is -0.455. The van der Waals surface area contributed by atoms with E-state index < -0.39 is 0 Å². The van der Waals surface area contributed by atoms with Gasteiger partial charge in [-0.3, -0.25) is 9.59 Å². The number of benzene rings is 2. The molecule has 1 aliphatic rings. The fraction of sp³-hybridized carbons (Fsp3) is 0.263. The summed E-state index contributed by atoms with van der Waals surface area (Å²) in [6.07, 6.45) is 0.628. The monoisotopic (exact) mass is 416 g/mol. The lowest BCUT2D eigenvalue weighted by Gasteiger charge is -2.11. The van der Waals surface area contributed by atoms with Gasteiger partial charge in [0.15, 0.2) is 0 Å². The van der Waals surface area contributed by atoms with Gasteiger partial charge in [-0.05, 0) is 42.7 Å². The third-order valence-electron chi connectivity index (χ3n) is 4.29. The lowest BCUT2D eigenvalue weighted by molar-refractivity contribution is -0.125. The molecular formula is C19H21BrN4O2. The van der Waals surface area contributed by atoms with E-state index in [-0.39, 0.29) is 30.4 Å². The van der Waals surface area contributed by atoms with Crippen LogP contribution in [0, 0.1) is 6.92 Å². The predicted molar refractivity (Wildman–Crippen MR) is 104 cm³/mol. The summed E-state index contributed by atoms with van der Waals surface area (Å²) in [6, 6.07) is 15.2. The number of anilines is 1. The van der Waals surface area contributed by atoms with Crippen molar-refractivity contribution >= 4 is 33.4 Å². The topological polar surface area (TPSA) is 82.3 Å². The van der Waals surface area contributed by atoms with Gasteiger partial charge < -0.3 is 10.6 Å². The Morgan fingerprint density at radius 2 is 1.92 bits per heavy atom. The van der Waals surface area contributed by atoms with Gasteiger partial charge in [0, 0.05) is 16.2 Å². The molecule has 0 radical (unpaired) electrons. The Kier molecular flexibility index (Phi) is 6.03. The van der Waals surface area contributed by atoms with Crippen molar-refractivity contribution in [3.8, 4) is 0 Å². The average Bonchev–Trinajstić information content (AvgIpc) is 3.14. The molecule has 0 bridgehead atoms. The van der Waals surface area contributed by atoms with E-state index in [9.17, 15) is 9.59 Å². The van der Waals surface area contributed by atoms with Gasteiger partial charge in [-0.1, -0.05) is 46.3 Å². The number of halogens is 1. The fourth-order valence-corrected chi connectivity index (χ4v) is 3.10. The number of carbonyl (C=O) groups is 2. The maximum Gasteiger partial charge on any atom is 0.243 e. The van der Waals surface area contributed by atoms with Crippen LogP contribution >= 0.6 is 15.9 Å². The van der Waals surface area contributed by atoms with E-state index in [4.69, 9.17) is 0 Å². The Morgan fingerprint density at radius 3 is 2.65 bits per heavy atom. The lowest BCUT2D eigenvalue weighted by atomic mass is 10.0. The highest BCUT2D eigenvalue weighted by Gasteiger charge is 2.30. The standard InChI is InChI=1S/C19H21BrN4O2/c1-12-9-14(7-8-15(12)20)22-18(25)11-21-19(26)17-10-16(23-24-17)13-5-3-2-4-6-13/h2-9,16-17,23-24H,10-11H2,1H3,(H,21,26)(H,22,25). The van der Waals surface area contributed by atoms with Crippen molar-refractivity contribution in [1.82, 2.24) is 16.2 Å². The summed E-state index contributed by atoms with van der Waals surface area (Å²) in [6.45, 7) is 1.88. The van der Waals surface area contributed by atoms with Gasteiger partial charge in [0.1, 0.15) is 6.04 Å². The molecule has 26 heavy (non-hydrogen) atoms. The van der Waals surface area contributed by atoms with Gasteiger partial charge >= 0.3 is 0 Å². The molecule has 1 aliphatic heterocycles. The normalized spacial score (nSPS) is 19.2. The molecule has 7 heteroatoms. The Labute approximate surface area is 160 Å². The highest BCUT2D eigenvalue weighted by Crippen LogP contribution is 2.22. The molecule has 4 N–H and O–H groups in total. The van der Waals surface area contributed by atoms with Gasteiger partial charge in [0.05, 0.1) is 6.54 Å². The Balaban J connectivity index is 1.46. The van der Waals surface area contributed by atoms with Crippen molar-refractivity contribution in [2.75, 3.05) is 11.9 Å². The number of amides is 2. The molecule has 0 spiro atoms. The van der Waals surface area contributed by atoms with E-state index in [1.165, 1.54) is 0 Å². The molecule has 0 aliphatic carbocycles.